The fraction of sp³-hybridized carbons (Fsp3) is 0.174. The molecule has 0 saturated heterocycles. The molecule has 0 saturated carbocycles. The van der Waals surface area contributed by atoms with Gasteiger partial charge in [0.15, 0.2) is 6.20 Å². The number of nitrogens with one attached hydrogen (secondary N) is 1. The minimum Gasteiger partial charge on any atom is -0.324 e. The number of amides is 2. The maximum Gasteiger partial charge on any atom is 0.294 e. The Hall–Kier alpha value is -3.18. The van der Waals surface area contributed by atoms with E-state index in [2.05, 4.69) is 5.32 Å². The molecule has 3 aromatic rings. The van der Waals surface area contributed by atoms with E-state index < -0.39 is 6.04 Å². The first-order chi connectivity index (χ1) is 13.9. The predicted molar refractivity (Wildman–Crippen MR) is 113 cm³/mol. The molecule has 4 rings (SSSR count). The summed E-state index contributed by atoms with van der Waals surface area (Å²) in [5.41, 5.74) is 4.18. The van der Waals surface area contributed by atoms with Gasteiger partial charge in [-0.15, -0.1) is 0 Å². The summed E-state index contributed by atoms with van der Waals surface area (Å²) >= 11 is 5.95. The first-order valence-electron chi connectivity index (χ1n) is 9.37. The van der Waals surface area contributed by atoms with Crippen LogP contribution in [0.5, 0.6) is 0 Å². The Morgan fingerprint density at radius 1 is 1.07 bits per heavy atom. The van der Waals surface area contributed by atoms with Crippen LogP contribution in [0.2, 0.25) is 5.02 Å². The van der Waals surface area contributed by atoms with E-state index in [1.807, 2.05) is 61.0 Å². The van der Waals surface area contributed by atoms with Gasteiger partial charge in [-0.2, -0.15) is 4.57 Å². The highest BCUT2D eigenvalue weighted by Gasteiger charge is 2.43. The molecule has 0 bridgehead atoms. The number of aromatic nitrogens is 1. The zero-order valence-electron chi connectivity index (χ0n) is 16.2. The number of aryl methyl sites for hydroxylation is 2. The van der Waals surface area contributed by atoms with Crippen LogP contribution in [0.25, 0.3) is 0 Å². The number of carbonyl (C=O) groups is 2. The van der Waals surface area contributed by atoms with Crippen LogP contribution in [0.15, 0.2) is 66.9 Å². The van der Waals surface area contributed by atoms with Crippen molar-refractivity contribution in [3.8, 4) is 0 Å². The van der Waals surface area contributed by atoms with E-state index in [-0.39, 0.29) is 18.4 Å². The molecule has 2 aromatic carbocycles. The molecule has 146 valence electrons. The summed E-state index contributed by atoms with van der Waals surface area (Å²) in [5, 5.41) is 3.52. The molecule has 1 aliphatic heterocycles. The van der Waals surface area contributed by atoms with Crippen LogP contribution in [0, 0.1) is 13.8 Å². The van der Waals surface area contributed by atoms with Crippen LogP contribution in [0.4, 0.5) is 11.4 Å². The van der Waals surface area contributed by atoms with Crippen molar-refractivity contribution in [3.63, 3.8) is 0 Å². The molecular weight excluding hydrogens is 386 g/mol. The van der Waals surface area contributed by atoms with Gasteiger partial charge in [0.2, 0.25) is 18.3 Å². The zero-order chi connectivity index (χ0) is 20.5. The third-order valence-electron chi connectivity index (χ3n) is 4.93. The fourth-order valence-electron chi connectivity index (χ4n) is 3.76. The number of hydrogen-bond donors (Lipinski definition) is 1. The number of benzene rings is 2. The van der Waals surface area contributed by atoms with Gasteiger partial charge in [0.05, 0.1) is 0 Å². The lowest BCUT2D eigenvalue weighted by Gasteiger charge is -2.32. The van der Waals surface area contributed by atoms with E-state index in [9.17, 15) is 9.59 Å². The van der Waals surface area contributed by atoms with E-state index in [1.54, 1.807) is 29.2 Å². The molecule has 2 amide bonds. The molecule has 6 heteroatoms. The standard InChI is InChI=1S/C23H20ClN3O2/c1-15-11-16(2)13-19(12-15)27-21(28)14-26-10-4-3-5-20(26)22(27)23(29)25-18-8-6-17(24)7-9-18/h3-13,22H,14H2,1-2H3/p+1/t22-/m1/s1. The molecule has 1 aromatic heterocycles. The van der Waals surface area contributed by atoms with Crippen LogP contribution >= 0.6 is 11.6 Å². The minimum atomic E-state index is -0.783. The van der Waals surface area contributed by atoms with Crippen LogP contribution in [-0.4, -0.2) is 11.8 Å². The van der Waals surface area contributed by atoms with E-state index >= 15 is 0 Å². The maximum atomic E-state index is 13.4. The van der Waals surface area contributed by atoms with Crippen molar-refractivity contribution in [1.82, 2.24) is 0 Å². The first-order valence-corrected chi connectivity index (χ1v) is 9.75. The largest absolute Gasteiger partial charge is 0.324 e. The van der Waals surface area contributed by atoms with Gasteiger partial charge in [0, 0.05) is 28.5 Å². The summed E-state index contributed by atoms with van der Waals surface area (Å²) in [4.78, 5) is 28.1. The lowest BCUT2D eigenvalue weighted by atomic mass is 10.0. The third-order valence-corrected chi connectivity index (χ3v) is 5.19. The van der Waals surface area contributed by atoms with E-state index in [4.69, 9.17) is 11.6 Å². The normalized spacial score (nSPS) is 15.8. The Labute approximate surface area is 174 Å². The Balaban J connectivity index is 1.79. The molecule has 5 nitrogen and oxygen atoms in total. The molecular formula is C23H21ClN3O2+. The summed E-state index contributed by atoms with van der Waals surface area (Å²) in [5.74, 6) is -0.408. The molecule has 2 heterocycles. The van der Waals surface area contributed by atoms with Gasteiger partial charge in [-0.1, -0.05) is 23.7 Å². The highest BCUT2D eigenvalue weighted by Crippen LogP contribution is 2.31. The molecule has 0 aliphatic carbocycles. The van der Waals surface area contributed by atoms with Crippen molar-refractivity contribution in [1.29, 1.82) is 0 Å². The Morgan fingerprint density at radius 3 is 2.45 bits per heavy atom. The Bertz CT molecular complexity index is 1080. The van der Waals surface area contributed by atoms with Gasteiger partial charge in [-0.3, -0.25) is 14.5 Å². The average molecular weight is 407 g/mol. The number of fused-ring (bicyclic) bond motifs is 1. The molecule has 0 fully saturated rings. The summed E-state index contributed by atoms with van der Waals surface area (Å²) in [7, 11) is 0. The van der Waals surface area contributed by atoms with Crippen LogP contribution in [0.1, 0.15) is 22.9 Å². The zero-order valence-corrected chi connectivity index (χ0v) is 17.0. The van der Waals surface area contributed by atoms with Crippen LogP contribution < -0.4 is 14.8 Å². The Morgan fingerprint density at radius 2 is 1.76 bits per heavy atom. The molecule has 0 spiro atoms. The minimum absolute atomic E-state index is 0.130. The van der Waals surface area contributed by atoms with Crippen molar-refractivity contribution < 1.29 is 14.2 Å². The predicted octanol–water partition coefficient (Wildman–Crippen LogP) is 3.97. The number of hydrogen-bond acceptors (Lipinski definition) is 2. The molecule has 29 heavy (non-hydrogen) atoms. The number of anilines is 2. The van der Waals surface area contributed by atoms with Gasteiger partial charge in [-0.25, -0.2) is 0 Å². The van der Waals surface area contributed by atoms with Gasteiger partial charge >= 0.3 is 0 Å². The van der Waals surface area contributed by atoms with Crippen molar-refractivity contribution >= 4 is 34.8 Å². The topological polar surface area (TPSA) is 53.3 Å². The number of halogens is 1. The van der Waals surface area contributed by atoms with Gasteiger partial charge in [0.1, 0.15) is 0 Å². The first kappa shape index (κ1) is 19.2. The highest BCUT2D eigenvalue weighted by molar-refractivity contribution is 6.30. The quantitative estimate of drug-likeness (QED) is 0.669. The monoisotopic (exact) mass is 406 g/mol. The number of rotatable bonds is 3. The summed E-state index contributed by atoms with van der Waals surface area (Å²) in [6.45, 7) is 4.15. The third kappa shape index (κ3) is 3.87. The highest BCUT2D eigenvalue weighted by atomic mass is 35.5. The Kier molecular flexibility index (Phi) is 5.07. The van der Waals surface area contributed by atoms with E-state index in [0.717, 1.165) is 22.5 Å². The summed E-state index contributed by atoms with van der Waals surface area (Å²) in [6, 6.07) is 17.7. The summed E-state index contributed by atoms with van der Waals surface area (Å²) in [6.07, 6.45) is 1.83. The van der Waals surface area contributed by atoms with Gasteiger partial charge in [0.25, 0.3) is 11.8 Å². The molecule has 1 aliphatic rings. The second-order valence-electron chi connectivity index (χ2n) is 7.26. The van der Waals surface area contributed by atoms with E-state index in [1.165, 1.54) is 0 Å². The van der Waals surface area contributed by atoms with Crippen molar-refractivity contribution in [2.45, 2.75) is 26.4 Å². The van der Waals surface area contributed by atoms with Gasteiger partial charge in [-0.05, 0) is 61.4 Å². The second kappa shape index (κ2) is 7.68. The van der Waals surface area contributed by atoms with Gasteiger partial charge < -0.3 is 5.32 Å². The number of carbonyl (C=O) groups excluding carboxylic acids is 2. The second-order valence-corrected chi connectivity index (χ2v) is 7.70. The fourth-order valence-corrected chi connectivity index (χ4v) is 3.88. The van der Waals surface area contributed by atoms with E-state index in [0.29, 0.717) is 10.7 Å². The molecule has 0 radical (unpaired) electrons. The van der Waals surface area contributed by atoms with Crippen LogP contribution in [-0.2, 0) is 16.1 Å². The van der Waals surface area contributed by atoms with Crippen molar-refractivity contribution in [2.75, 3.05) is 10.2 Å². The maximum absolute atomic E-state index is 13.4. The van der Waals surface area contributed by atoms with Crippen molar-refractivity contribution in [3.05, 3.63) is 88.7 Å². The molecule has 1 atom stereocenters. The lowest BCUT2D eigenvalue weighted by molar-refractivity contribution is -0.695. The average Bonchev–Trinajstić information content (AvgIpc) is 2.67. The SMILES string of the molecule is Cc1cc(C)cc(N2C(=O)C[n+]3ccccc3[C@@H]2C(=O)Nc2ccc(Cl)cc2)c1. The molecule has 1 N–H and O–H groups in total. The lowest BCUT2D eigenvalue weighted by Crippen LogP contribution is -2.58. The number of nitrogens with zero attached hydrogens (tertiary/aromatic N) is 2. The summed E-state index contributed by atoms with van der Waals surface area (Å²) < 4.78 is 1.83. The smallest absolute Gasteiger partial charge is 0.294 e. The van der Waals surface area contributed by atoms with Crippen molar-refractivity contribution in [2.24, 2.45) is 0 Å². The number of pyridine rings is 1. The van der Waals surface area contributed by atoms with Crippen LogP contribution in [0.3, 0.4) is 0 Å². The molecule has 0 unspecified atom stereocenters.